The molecular formula is C16H21NO4. The van der Waals surface area contributed by atoms with Crippen molar-refractivity contribution in [3.05, 3.63) is 35.4 Å². The lowest BCUT2D eigenvalue weighted by molar-refractivity contribution is -0.147. The third kappa shape index (κ3) is 3.42. The van der Waals surface area contributed by atoms with Crippen molar-refractivity contribution in [2.24, 2.45) is 0 Å². The molecule has 1 aliphatic heterocycles. The molecule has 2 rings (SSSR count). The van der Waals surface area contributed by atoms with Crippen LogP contribution in [0.15, 0.2) is 24.3 Å². The van der Waals surface area contributed by atoms with Gasteiger partial charge in [-0.15, -0.1) is 0 Å². The number of piperidine rings is 1. The molecule has 1 fully saturated rings. The molecule has 1 amide bonds. The van der Waals surface area contributed by atoms with Gasteiger partial charge in [0.15, 0.2) is 0 Å². The maximum Gasteiger partial charge on any atom is 0.328 e. The van der Waals surface area contributed by atoms with E-state index in [0.29, 0.717) is 25.1 Å². The van der Waals surface area contributed by atoms with Gasteiger partial charge in [0.2, 0.25) is 0 Å². The number of rotatable bonds is 4. The van der Waals surface area contributed by atoms with Crippen molar-refractivity contribution in [3.63, 3.8) is 0 Å². The first-order chi connectivity index (χ1) is 10.2. The Morgan fingerprint density at radius 1 is 1.24 bits per heavy atom. The van der Waals surface area contributed by atoms with Crippen LogP contribution in [0.25, 0.3) is 0 Å². The maximum absolute atomic E-state index is 12.8. The number of benzene rings is 1. The summed E-state index contributed by atoms with van der Waals surface area (Å²) in [7, 11) is 2.96. The number of carbonyl (C=O) groups excluding carboxylic acids is 2. The molecular weight excluding hydrogens is 270 g/mol. The van der Waals surface area contributed by atoms with Crippen molar-refractivity contribution in [1.82, 2.24) is 4.90 Å². The first-order valence-electron chi connectivity index (χ1n) is 7.14. The molecule has 0 radical (unpaired) electrons. The fourth-order valence-corrected chi connectivity index (χ4v) is 2.72. The standard InChI is InChI=1S/C16H21NO4/c1-20-11-12-7-3-4-8-13(12)15(18)17-10-6-5-9-14(17)16(19)21-2/h3-4,7-8,14H,5-6,9-11H2,1-2H3/t14-/m1/s1. The molecule has 0 spiro atoms. The van der Waals surface area contributed by atoms with Crippen molar-refractivity contribution >= 4 is 11.9 Å². The summed E-state index contributed by atoms with van der Waals surface area (Å²) in [4.78, 5) is 26.3. The highest BCUT2D eigenvalue weighted by Crippen LogP contribution is 2.22. The van der Waals surface area contributed by atoms with Crippen LogP contribution in [-0.4, -0.2) is 43.6 Å². The number of methoxy groups -OCH3 is 2. The van der Waals surface area contributed by atoms with Crippen LogP contribution in [0.3, 0.4) is 0 Å². The van der Waals surface area contributed by atoms with E-state index in [9.17, 15) is 9.59 Å². The van der Waals surface area contributed by atoms with Crippen LogP contribution in [0.5, 0.6) is 0 Å². The molecule has 21 heavy (non-hydrogen) atoms. The zero-order chi connectivity index (χ0) is 15.2. The molecule has 0 unspecified atom stereocenters. The lowest BCUT2D eigenvalue weighted by atomic mass is 9.99. The second kappa shape index (κ2) is 7.22. The van der Waals surface area contributed by atoms with Gasteiger partial charge in [0.1, 0.15) is 6.04 Å². The van der Waals surface area contributed by atoms with Crippen molar-refractivity contribution < 1.29 is 19.1 Å². The Morgan fingerprint density at radius 2 is 2.00 bits per heavy atom. The highest BCUT2D eigenvalue weighted by atomic mass is 16.5. The third-order valence-corrected chi connectivity index (χ3v) is 3.78. The molecule has 1 aromatic rings. The third-order valence-electron chi connectivity index (χ3n) is 3.78. The van der Waals surface area contributed by atoms with Crippen molar-refractivity contribution in [2.75, 3.05) is 20.8 Å². The zero-order valence-corrected chi connectivity index (χ0v) is 12.5. The van der Waals surface area contributed by atoms with Gasteiger partial charge < -0.3 is 14.4 Å². The summed E-state index contributed by atoms with van der Waals surface area (Å²) in [5.41, 5.74) is 1.43. The fourth-order valence-electron chi connectivity index (χ4n) is 2.72. The summed E-state index contributed by atoms with van der Waals surface area (Å²) in [5.74, 6) is -0.468. The summed E-state index contributed by atoms with van der Waals surface area (Å²) < 4.78 is 9.97. The molecule has 5 heteroatoms. The van der Waals surface area contributed by atoms with Gasteiger partial charge in [-0.3, -0.25) is 4.79 Å². The van der Waals surface area contributed by atoms with E-state index in [2.05, 4.69) is 0 Å². The molecule has 1 heterocycles. The van der Waals surface area contributed by atoms with Gasteiger partial charge in [0.25, 0.3) is 5.91 Å². The maximum atomic E-state index is 12.8. The summed E-state index contributed by atoms with van der Waals surface area (Å²) in [6, 6.07) is 6.86. The number of carbonyl (C=O) groups is 2. The molecule has 0 aliphatic carbocycles. The number of hydrogen-bond acceptors (Lipinski definition) is 4. The van der Waals surface area contributed by atoms with Crippen LogP contribution in [0.2, 0.25) is 0 Å². The van der Waals surface area contributed by atoms with Crippen LogP contribution in [0.4, 0.5) is 0 Å². The number of likely N-dealkylation sites (tertiary alicyclic amines) is 1. The van der Waals surface area contributed by atoms with Crippen molar-refractivity contribution in [3.8, 4) is 0 Å². The van der Waals surface area contributed by atoms with E-state index in [1.165, 1.54) is 7.11 Å². The molecule has 1 aliphatic rings. The Hall–Kier alpha value is -1.88. The average molecular weight is 291 g/mol. The minimum absolute atomic E-state index is 0.127. The number of nitrogens with zero attached hydrogens (tertiary/aromatic N) is 1. The van der Waals surface area contributed by atoms with Gasteiger partial charge in [-0.1, -0.05) is 18.2 Å². The van der Waals surface area contributed by atoms with Crippen LogP contribution >= 0.6 is 0 Å². The lowest BCUT2D eigenvalue weighted by Crippen LogP contribution is -2.48. The number of amides is 1. The van der Waals surface area contributed by atoms with Gasteiger partial charge in [-0.25, -0.2) is 4.79 Å². The first-order valence-corrected chi connectivity index (χ1v) is 7.14. The number of ether oxygens (including phenoxy) is 2. The molecule has 0 aromatic heterocycles. The Bertz CT molecular complexity index is 515. The Morgan fingerprint density at radius 3 is 2.71 bits per heavy atom. The van der Waals surface area contributed by atoms with Crippen molar-refractivity contribution in [2.45, 2.75) is 31.9 Å². The van der Waals surface area contributed by atoms with E-state index >= 15 is 0 Å². The minimum Gasteiger partial charge on any atom is -0.467 e. The van der Waals surface area contributed by atoms with Gasteiger partial charge in [0.05, 0.1) is 13.7 Å². The minimum atomic E-state index is -0.480. The first kappa shape index (κ1) is 15.5. The molecule has 5 nitrogen and oxygen atoms in total. The summed E-state index contributed by atoms with van der Waals surface area (Å²) in [6.45, 7) is 0.957. The van der Waals surface area contributed by atoms with E-state index in [4.69, 9.17) is 9.47 Å². The summed E-state index contributed by atoms with van der Waals surface area (Å²) in [6.07, 6.45) is 2.50. The second-order valence-electron chi connectivity index (χ2n) is 5.12. The normalized spacial score (nSPS) is 18.4. The predicted octanol–water partition coefficient (Wildman–Crippen LogP) is 2.00. The lowest BCUT2D eigenvalue weighted by Gasteiger charge is -2.34. The van der Waals surface area contributed by atoms with E-state index in [1.807, 2.05) is 18.2 Å². The van der Waals surface area contributed by atoms with Crippen molar-refractivity contribution in [1.29, 1.82) is 0 Å². The Balaban J connectivity index is 2.27. The van der Waals surface area contributed by atoms with Crippen LogP contribution in [0, 0.1) is 0 Å². The van der Waals surface area contributed by atoms with Gasteiger partial charge in [0, 0.05) is 19.2 Å². The van der Waals surface area contributed by atoms with E-state index in [1.54, 1.807) is 18.1 Å². The topological polar surface area (TPSA) is 55.8 Å². The fraction of sp³-hybridized carbons (Fsp3) is 0.500. The smallest absolute Gasteiger partial charge is 0.328 e. The molecule has 1 aromatic carbocycles. The molecule has 1 saturated heterocycles. The van der Waals surface area contributed by atoms with Crippen LogP contribution < -0.4 is 0 Å². The number of esters is 1. The number of hydrogen-bond donors (Lipinski definition) is 0. The molecule has 0 saturated carbocycles. The summed E-state index contributed by atoms with van der Waals surface area (Å²) in [5, 5.41) is 0. The molecule has 0 N–H and O–H groups in total. The molecule has 0 bridgehead atoms. The monoisotopic (exact) mass is 291 g/mol. The van der Waals surface area contributed by atoms with E-state index in [-0.39, 0.29) is 11.9 Å². The summed E-state index contributed by atoms with van der Waals surface area (Å²) >= 11 is 0. The predicted molar refractivity (Wildman–Crippen MR) is 77.8 cm³/mol. The Labute approximate surface area is 124 Å². The SMILES string of the molecule is COCc1ccccc1C(=O)N1CCCC[C@@H]1C(=O)OC. The van der Waals surface area contributed by atoms with Crippen LogP contribution in [-0.2, 0) is 20.9 Å². The average Bonchev–Trinajstić information content (AvgIpc) is 2.54. The van der Waals surface area contributed by atoms with Gasteiger partial charge >= 0.3 is 5.97 Å². The highest BCUT2D eigenvalue weighted by molar-refractivity contribution is 5.98. The highest BCUT2D eigenvalue weighted by Gasteiger charge is 2.33. The van der Waals surface area contributed by atoms with E-state index in [0.717, 1.165) is 18.4 Å². The van der Waals surface area contributed by atoms with Gasteiger partial charge in [-0.05, 0) is 30.9 Å². The Kier molecular flexibility index (Phi) is 5.33. The molecule has 1 atom stereocenters. The van der Waals surface area contributed by atoms with Gasteiger partial charge in [-0.2, -0.15) is 0 Å². The quantitative estimate of drug-likeness (QED) is 0.796. The van der Waals surface area contributed by atoms with E-state index < -0.39 is 6.04 Å². The molecule has 114 valence electrons. The zero-order valence-electron chi connectivity index (χ0n) is 12.5. The van der Waals surface area contributed by atoms with Crippen LogP contribution in [0.1, 0.15) is 35.2 Å². The largest absolute Gasteiger partial charge is 0.467 e. The second-order valence-corrected chi connectivity index (χ2v) is 5.12.